The van der Waals surface area contributed by atoms with Crippen molar-refractivity contribution in [1.82, 2.24) is 10.7 Å². The van der Waals surface area contributed by atoms with E-state index in [-0.39, 0.29) is 12.5 Å². The first-order valence-corrected chi connectivity index (χ1v) is 6.60. The number of nitrogens with zero attached hydrogens (tertiary/aromatic N) is 1. The number of alkyl halides is 2. The maximum atomic E-state index is 13.8. The Morgan fingerprint density at radius 1 is 1.45 bits per heavy atom. The standard InChI is InChI=1S/C14H14F3N3O2/c1-7-8(14(22)20-19-7)5-6-18-13(21)10-4-2-3-9(11(10)15)12(16)17/h2-4,8,12H,5-6H2,1H3,(H,18,21)(H,20,22). The zero-order chi connectivity index (χ0) is 16.3. The van der Waals surface area contributed by atoms with E-state index < -0.39 is 35.2 Å². The second-order valence-corrected chi connectivity index (χ2v) is 4.84. The summed E-state index contributed by atoms with van der Waals surface area (Å²) in [6.07, 6.45) is -2.70. The van der Waals surface area contributed by atoms with Gasteiger partial charge in [0.1, 0.15) is 5.82 Å². The molecule has 1 heterocycles. The Labute approximate surface area is 124 Å². The van der Waals surface area contributed by atoms with Crippen LogP contribution in [-0.2, 0) is 4.79 Å². The average molecular weight is 313 g/mol. The maximum absolute atomic E-state index is 13.8. The number of amides is 2. The van der Waals surface area contributed by atoms with Crippen LogP contribution in [0.1, 0.15) is 35.7 Å². The lowest BCUT2D eigenvalue weighted by atomic mass is 10.0. The molecule has 2 rings (SSSR count). The predicted molar refractivity (Wildman–Crippen MR) is 73.0 cm³/mol. The lowest BCUT2D eigenvalue weighted by Gasteiger charge is -2.10. The van der Waals surface area contributed by atoms with Gasteiger partial charge < -0.3 is 5.32 Å². The molecule has 1 aromatic carbocycles. The summed E-state index contributed by atoms with van der Waals surface area (Å²) >= 11 is 0. The van der Waals surface area contributed by atoms with Gasteiger partial charge in [-0.2, -0.15) is 5.10 Å². The first-order chi connectivity index (χ1) is 10.4. The van der Waals surface area contributed by atoms with Crippen molar-refractivity contribution in [3.8, 4) is 0 Å². The monoisotopic (exact) mass is 313 g/mol. The van der Waals surface area contributed by atoms with Gasteiger partial charge in [-0.05, 0) is 19.4 Å². The molecule has 0 aliphatic carbocycles. The molecule has 0 spiro atoms. The SMILES string of the molecule is CC1=NNC(=O)C1CCNC(=O)c1cccc(C(F)F)c1F. The lowest BCUT2D eigenvalue weighted by molar-refractivity contribution is -0.122. The van der Waals surface area contributed by atoms with Gasteiger partial charge in [0.05, 0.1) is 17.0 Å². The van der Waals surface area contributed by atoms with Crippen molar-refractivity contribution in [2.75, 3.05) is 6.54 Å². The molecule has 1 atom stereocenters. The fraction of sp³-hybridized carbons (Fsp3) is 0.357. The van der Waals surface area contributed by atoms with Gasteiger partial charge >= 0.3 is 0 Å². The summed E-state index contributed by atoms with van der Waals surface area (Å²) < 4.78 is 39.0. The summed E-state index contributed by atoms with van der Waals surface area (Å²) in [7, 11) is 0. The van der Waals surface area contributed by atoms with Crippen LogP contribution in [0.4, 0.5) is 13.2 Å². The van der Waals surface area contributed by atoms with Gasteiger partial charge in [-0.3, -0.25) is 9.59 Å². The van der Waals surface area contributed by atoms with E-state index in [0.29, 0.717) is 12.1 Å². The highest BCUT2D eigenvalue weighted by atomic mass is 19.3. The van der Waals surface area contributed by atoms with Gasteiger partial charge in [0.25, 0.3) is 12.3 Å². The van der Waals surface area contributed by atoms with E-state index >= 15 is 0 Å². The number of nitrogens with one attached hydrogen (secondary N) is 2. The van der Waals surface area contributed by atoms with Crippen LogP contribution in [-0.4, -0.2) is 24.1 Å². The first-order valence-electron chi connectivity index (χ1n) is 6.60. The number of hydrogen-bond donors (Lipinski definition) is 2. The minimum Gasteiger partial charge on any atom is -0.352 e. The number of rotatable bonds is 5. The largest absolute Gasteiger partial charge is 0.352 e. The number of halogens is 3. The topological polar surface area (TPSA) is 70.6 Å². The normalized spacial score (nSPS) is 17.4. The Bertz CT molecular complexity index is 632. The van der Waals surface area contributed by atoms with Crippen LogP contribution in [0.15, 0.2) is 23.3 Å². The highest BCUT2D eigenvalue weighted by molar-refractivity contribution is 6.06. The summed E-state index contributed by atoms with van der Waals surface area (Å²) in [5.41, 5.74) is 1.65. The Balaban J connectivity index is 1.97. The molecule has 2 amide bonds. The number of benzene rings is 1. The van der Waals surface area contributed by atoms with E-state index in [1.807, 2.05) is 0 Å². The summed E-state index contributed by atoms with van der Waals surface area (Å²) in [4.78, 5) is 23.3. The van der Waals surface area contributed by atoms with Gasteiger partial charge in [0.2, 0.25) is 5.91 Å². The van der Waals surface area contributed by atoms with E-state index in [4.69, 9.17) is 0 Å². The van der Waals surface area contributed by atoms with E-state index in [1.54, 1.807) is 6.92 Å². The van der Waals surface area contributed by atoms with Crippen molar-refractivity contribution in [3.63, 3.8) is 0 Å². The van der Waals surface area contributed by atoms with Crippen LogP contribution in [0, 0.1) is 11.7 Å². The van der Waals surface area contributed by atoms with Crippen LogP contribution in [0.5, 0.6) is 0 Å². The number of hydrazone groups is 1. The van der Waals surface area contributed by atoms with Crippen LogP contribution in [0.25, 0.3) is 0 Å². The Hall–Kier alpha value is -2.38. The zero-order valence-corrected chi connectivity index (χ0v) is 11.7. The molecular weight excluding hydrogens is 299 g/mol. The maximum Gasteiger partial charge on any atom is 0.266 e. The molecule has 2 N–H and O–H groups in total. The zero-order valence-electron chi connectivity index (χ0n) is 11.7. The van der Waals surface area contributed by atoms with Crippen LogP contribution < -0.4 is 10.7 Å². The quantitative estimate of drug-likeness (QED) is 0.873. The molecule has 0 bridgehead atoms. The van der Waals surface area contributed by atoms with Crippen LogP contribution in [0.3, 0.4) is 0 Å². The molecule has 1 aliphatic rings. The second-order valence-electron chi connectivity index (χ2n) is 4.84. The van der Waals surface area contributed by atoms with Gasteiger partial charge in [-0.15, -0.1) is 0 Å². The number of carbonyl (C=O) groups excluding carboxylic acids is 2. The highest BCUT2D eigenvalue weighted by Crippen LogP contribution is 2.24. The molecule has 0 saturated carbocycles. The van der Waals surface area contributed by atoms with E-state index in [0.717, 1.165) is 12.1 Å². The van der Waals surface area contributed by atoms with Crippen molar-refractivity contribution >= 4 is 17.5 Å². The Morgan fingerprint density at radius 3 is 2.77 bits per heavy atom. The van der Waals surface area contributed by atoms with E-state index in [9.17, 15) is 22.8 Å². The first kappa shape index (κ1) is 16.0. The molecule has 5 nitrogen and oxygen atoms in total. The summed E-state index contributed by atoms with van der Waals surface area (Å²) in [5.74, 6) is -2.74. The molecule has 0 radical (unpaired) electrons. The van der Waals surface area contributed by atoms with Crippen LogP contribution in [0.2, 0.25) is 0 Å². The third kappa shape index (κ3) is 3.26. The fourth-order valence-electron chi connectivity index (χ4n) is 2.15. The predicted octanol–water partition coefficient (Wildman–Crippen LogP) is 2.01. The van der Waals surface area contributed by atoms with Crippen LogP contribution >= 0.6 is 0 Å². The van der Waals surface area contributed by atoms with E-state index in [1.165, 1.54) is 6.07 Å². The molecule has 22 heavy (non-hydrogen) atoms. The molecule has 1 unspecified atom stereocenters. The minimum atomic E-state index is -2.99. The van der Waals surface area contributed by atoms with Crippen molar-refractivity contribution in [2.24, 2.45) is 11.0 Å². The molecule has 0 saturated heterocycles. The van der Waals surface area contributed by atoms with Crippen molar-refractivity contribution in [2.45, 2.75) is 19.8 Å². The van der Waals surface area contributed by atoms with Gasteiger partial charge in [-0.25, -0.2) is 18.6 Å². The van der Waals surface area contributed by atoms with Crippen molar-refractivity contribution < 1.29 is 22.8 Å². The molecule has 8 heteroatoms. The molecule has 0 fully saturated rings. The third-order valence-electron chi connectivity index (χ3n) is 3.39. The van der Waals surface area contributed by atoms with Gasteiger partial charge in [0, 0.05) is 12.3 Å². The molecule has 1 aromatic rings. The molecule has 118 valence electrons. The third-order valence-corrected chi connectivity index (χ3v) is 3.39. The van der Waals surface area contributed by atoms with Crippen molar-refractivity contribution in [3.05, 3.63) is 35.1 Å². The van der Waals surface area contributed by atoms with E-state index in [2.05, 4.69) is 15.8 Å². The Morgan fingerprint density at radius 2 is 2.18 bits per heavy atom. The fourth-order valence-corrected chi connectivity index (χ4v) is 2.15. The smallest absolute Gasteiger partial charge is 0.266 e. The molecule has 1 aliphatic heterocycles. The molecular formula is C14H14F3N3O2. The summed E-state index contributed by atoms with van der Waals surface area (Å²) in [5, 5.41) is 6.18. The van der Waals surface area contributed by atoms with Gasteiger partial charge in [-0.1, -0.05) is 12.1 Å². The van der Waals surface area contributed by atoms with Gasteiger partial charge in [0.15, 0.2) is 0 Å². The number of carbonyl (C=O) groups is 2. The minimum absolute atomic E-state index is 0.0993. The summed E-state index contributed by atoms with van der Waals surface area (Å²) in [6, 6.07) is 3.26. The second kappa shape index (κ2) is 6.59. The Kier molecular flexibility index (Phi) is 4.79. The molecule has 0 aromatic heterocycles. The highest BCUT2D eigenvalue weighted by Gasteiger charge is 2.26. The number of hydrogen-bond acceptors (Lipinski definition) is 3. The average Bonchev–Trinajstić information content (AvgIpc) is 2.78. The lowest BCUT2D eigenvalue weighted by Crippen LogP contribution is -2.30. The van der Waals surface area contributed by atoms with Crippen molar-refractivity contribution in [1.29, 1.82) is 0 Å². The summed E-state index contributed by atoms with van der Waals surface area (Å²) in [6.45, 7) is 1.78.